The molecule has 1 amide bonds. The van der Waals surface area contributed by atoms with Crippen LogP contribution >= 0.6 is 15.9 Å². The molecule has 0 atom stereocenters. The van der Waals surface area contributed by atoms with E-state index in [2.05, 4.69) is 21.2 Å². The fraction of sp³-hybridized carbons (Fsp3) is 0.188. The molecule has 25 heavy (non-hydrogen) atoms. The van der Waals surface area contributed by atoms with Crippen LogP contribution < -0.4 is 9.62 Å². The quantitative estimate of drug-likeness (QED) is 0.767. The number of benzene rings is 2. The number of hydrogen-bond acceptors (Lipinski definition) is 3. The van der Waals surface area contributed by atoms with Crippen LogP contribution in [0.2, 0.25) is 0 Å². The van der Waals surface area contributed by atoms with E-state index >= 15 is 0 Å². The van der Waals surface area contributed by atoms with Gasteiger partial charge in [0.1, 0.15) is 12.4 Å². The van der Waals surface area contributed by atoms with Gasteiger partial charge in [0.25, 0.3) is 0 Å². The van der Waals surface area contributed by atoms with E-state index in [1.165, 1.54) is 26.2 Å². The number of hydrogen-bond donors (Lipinski definition) is 1. The normalized spacial score (nSPS) is 11.4. The summed E-state index contributed by atoms with van der Waals surface area (Å²) in [6.45, 7) is -0.486. The molecule has 0 saturated heterocycles. The van der Waals surface area contributed by atoms with Crippen LogP contribution in [-0.4, -0.2) is 39.3 Å². The van der Waals surface area contributed by atoms with Crippen molar-refractivity contribution >= 4 is 43.4 Å². The first-order valence-electron chi connectivity index (χ1n) is 7.22. The van der Waals surface area contributed by atoms with Gasteiger partial charge in [-0.25, -0.2) is 8.70 Å². The first-order valence-corrected chi connectivity index (χ1v) is 9.41. The minimum atomic E-state index is -3.89. The summed E-state index contributed by atoms with van der Waals surface area (Å²) in [7, 11) is -1.15. The van der Waals surface area contributed by atoms with E-state index in [9.17, 15) is 17.6 Å². The van der Waals surface area contributed by atoms with Crippen molar-refractivity contribution in [2.75, 3.05) is 30.3 Å². The van der Waals surface area contributed by atoms with Gasteiger partial charge in [0.15, 0.2) is 0 Å². The van der Waals surface area contributed by atoms with Gasteiger partial charge in [0.05, 0.1) is 11.4 Å². The summed E-state index contributed by atoms with van der Waals surface area (Å²) in [6.07, 6.45) is 0. The lowest BCUT2D eigenvalue weighted by molar-refractivity contribution is -0.114. The second-order valence-electron chi connectivity index (χ2n) is 5.30. The summed E-state index contributed by atoms with van der Waals surface area (Å²) in [5.74, 6) is -1.28. The number of carbonyl (C=O) groups excluding carboxylic acids is 1. The molecule has 0 radical (unpaired) electrons. The van der Waals surface area contributed by atoms with Crippen molar-refractivity contribution < 1.29 is 17.6 Å². The molecule has 2 aromatic carbocycles. The van der Waals surface area contributed by atoms with Crippen LogP contribution in [0.15, 0.2) is 53.0 Å². The number of nitrogens with zero attached hydrogens (tertiary/aromatic N) is 2. The number of carbonyl (C=O) groups is 1. The first kappa shape index (κ1) is 19.4. The van der Waals surface area contributed by atoms with Crippen LogP contribution in [0.4, 0.5) is 15.8 Å². The molecule has 0 unspecified atom stereocenters. The molecule has 0 saturated carbocycles. The predicted octanol–water partition coefficient (Wildman–Crippen LogP) is 2.84. The van der Waals surface area contributed by atoms with Crippen LogP contribution in [0.25, 0.3) is 0 Å². The Bertz CT molecular complexity index is 860. The highest BCUT2D eigenvalue weighted by atomic mass is 79.9. The zero-order chi connectivity index (χ0) is 18.6. The van der Waals surface area contributed by atoms with Crippen LogP contribution in [-0.2, 0) is 15.0 Å². The van der Waals surface area contributed by atoms with Crippen molar-refractivity contribution in [3.63, 3.8) is 0 Å². The molecule has 0 bridgehead atoms. The molecule has 0 aliphatic rings. The van der Waals surface area contributed by atoms with Crippen molar-refractivity contribution in [3.05, 3.63) is 58.8 Å². The number of rotatable bonds is 6. The highest BCUT2D eigenvalue weighted by Crippen LogP contribution is 2.21. The number of para-hydroxylation sites is 1. The third-order valence-corrected chi connectivity index (χ3v) is 5.59. The number of anilines is 2. The predicted molar refractivity (Wildman–Crippen MR) is 99.1 cm³/mol. The van der Waals surface area contributed by atoms with Crippen molar-refractivity contribution in [3.8, 4) is 0 Å². The van der Waals surface area contributed by atoms with Crippen molar-refractivity contribution in [2.45, 2.75) is 0 Å². The molecule has 0 spiro atoms. The summed E-state index contributed by atoms with van der Waals surface area (Å²) in [4.78, 5) is 12.3. The highest BCUT2D eigenvalue weighted by molar-refractivity contribution is 9.10. The highest BCUT2D eigenvalue weighted by Gasteiger charge is 2.27. The molecular weight excluding hydrogens is 413 g/mol. The zero-order valence-electron chi connectivity index (χ0n) is 13.6. The Kier molecular flexibility index (Phi) is 6.15. The minimum absolute atomic E-state index is 0.0246. The van der Waals surface area contributed by atoms with Crippen LogP contribution in [0.1, 0.15) is 0 Å². The van der Waals surface area contributed by atoms with E-state index in [0.717, 1.165) is 8.61 Å². The van der Waals surface area contributed by atoms with E-state index in [-0.39, 0.29) is 5.69 Å². The van der Waals surface area contributed by atoms with Gasteiger partial charge in [-0.05, 0) is 30.3 Å². The Labute approximate surface area is 154 Å². The molecule has 2 aromatic rings. The average molecular weight is 430 g/mol. The third kappa shape index (κ3) is 4.77. The molecule has 9 heteroatoms. The molecule has 0 aromatic heterocycles. The van der Waals surface area contributed by atoms with Crippen LogP contribution in [0, 0.1) is 5.82 Å². The Morgan fingerprint density at radius 1 is 1.16 bits per heavy atom. The molecule has 2 rings (SSSR count). The van der Waals surface area contributed by atoms with Gasteiger partial charge in [0, 0.05) is 18.6 Å². The van der Waals surface area contributed by atoms with E-state index in [1.807, 2.05) is 0 Å². The Morgan fingerprint density at radius 3 is 2.36 bits per heavy atom. The van der Waals surface area contributed by atoms with E-state index in [0.29, 0.717) is 10.2 Å². The number of halogens is 2. The van der Waals surface area contributed by atoms with Gasteiger partial charge >= 0.3 is 10.2 Å². The Balaban J connectivity index is 2.26. The summed E-state index contributed by atoms with van der Waals surface area (Å²) in [5, 5.41) is 2.39. The largest absolute Gasteiger partial charge is 0.322 e. The molecule has 0 fully saturated rings. The zero-order valence-corrected chi connectivity index (χ0v) is 16.0. The maximum Gasteiger partial charge on any atom is 0.304 e. The van der Waals surface area contributed by atoms with E-state index < -0.39 is 28.5 Å². The molecule has 134 valence electrons. The maximum atomic E-state index is 13.8. The third-order valence-electron chi connectivity index (χ3n) is 3.28. The summed E-state index contributed by atoms with van der Waals surface area (Å²) < 4.78 is 41.4. The fourth-order valence-corrected chi connectivity index (χ4v) is 3.40. The molecule has 0 aliphatic heterocycles. The number of nitrogens with one attached hydrogen (secondary N) is 1. The molecular formula is C16H17BrFN3O3S. The van der Waals surface area contributed by atoms with Gasteiger partial charge < -0.3 is 5.32 Å². The first-order chi connectivity index (χ1) is 11.7. The molecule has 1 N–H and O–H groups in total. The molecule has 0 heterocycles. The lowest BCUT2D eigenvalue weighted by Gasteiger charge is -2.26. The van der Waals surface area contributed by atoms with Crippen molar-refractivity contribution in [2.24, 2.45) is 0 Å². The monoisotopic (exact) mass is 429 g/mol. The Morgan fingerprint density at radius 2 is 1.80 bits per heavy atom. The van der Waals surface area contributed by atoms with Crippen LogP contribution in [0.5, 0.6) is 0 Å². The van der Waals surface area contributed by atoms with Gasteiger partial charge in [-0.2, -0.15) is 12.7 Å². The van der Waals surface area contributed by atoms with E-state index in [1.54, 1.807) is 36.4 Å². The topological polar surface area (TPSA) is 69.7 Å². The minimum Gasteiger partial charge on any atom is -0.322 e. The molecule has 0 aliphatic carbocycles. The standard InChI is InChI=1S/C16H17BrFN3O3S/c1-20(2)25(23,24)21(13-6-4-3-5-7-13)11-16(22)19-15-9-8-12(17)10-14(15)18/h3-10H,11H2,1-2H3,(H,19,22). The smallest absolute Gasteiger partial charge is 0.304 e. The molecule has 6 nitrogen and oxygen atoms in total. The van der Waals surface area contributed by atoms with Gasteiger partial charge in [0.2, 0.25) is 5.91 Å². The van der Waals surface area contributed by atoms with Gasteiger partial charge in [-0.1, -0.05) is 34.1 Å². The SMILES string of the molecule is CN(C)S(=O)(=O)N(CC(=O)Nc1ccc(Br)cc1F)c1ccccc1. The van der Waals surface area contributed by atoms with Crippen molar-refractivity contribution in [1.82, 2.24) is 4.31 Å². The van der Waals surface area contributed by atoms with Gasteiger partial charge in [-0.3, -0.25) is 4.79 Å². The maximum absolute atomic E-state index is 13.8. The number of amides is 1. The van der Waals surface area contributed by atoms with Crippen LogP contribution in [0.3, 0.4) is 0 Å². The summed E-state index contributed by atoms with van der Waals surface area (Å²) in [5.41, 5.74) is 0.311. The van der Waals surface area contributed by atoms with E-state index in [4.69, 9.17) is 0 Å². The van der Waals surface area contributed by atoms with Crippen molar-refractivity contribution in [1.29, 1.82) is 0 Å². The lowest BCUT2D eigenvalue weighted by atomic mass is 10.3. The summed E-state index contributed by atoms with van der Waals surface area (Å²) in [6, 6.07) is 12.4. The summed E-state index contributed by atoms with van der Waals surface area (Å²) >= 11 is 3.13. The van der Waals surface area contributed by atoms with Gasteiger partial charge in [-0.15, -0.1) is 0 Å². The average Bonchev–Trinajstić information content (AvgIpc) is 2.56. The second kappa shape index (κ2) is 7.94. The fourth-order valence-electron chi connectivity index (χ4n) is 2.01. The second-order valence-corrected chi connectivity index (χ2v) is 8.29. The Hall–Kier alpha value is -1.97. The lowest BCUT2D eigenvalue weighted by Crippen LogP contribution is -2.44.